The normalized spacial score (nSPS) is 8.38. The Bertz CT molecular complexity index is 234. The molecule has 0 aromatic rings. The zero-order valence-electron chi connectivity index (χ0n) is 7.33. The molecule has 1 N–H and O–H groups in total. The minimum Gasteiger partial charge on any atom is -0.450 e. The van der Waals surface area contributed by atoms with Crippen LogP contribution in [-0.2, 0) is 14.3 Å². The van der Waals surface area contributed by atoms with Gasteiger partial charge in [0, 0.05) is 0 Å². The summed E-state index contributed by atoms with van der Waals surface area (Å²) >= 11 is 0. The molecule has 1 amide bonds. The minimum atomic E-state index is -0.775. The third kappa shape index (κ3) is 4.62. The molecule has 0 radical (unpaired) electrons. The first-order valence-corrected chi connectivity index (χ1v) is 3.56. The van der Waals surface area contributed by atoms with Gasteiger partial charge in [-0.15, -0.1) is 0 Å². The number of nitrogens with one attached hydrogen (secondary N) is 1. The molecule has 0 atom stereocenters. The molecule has 0 bridgehead atoms. The number of amides is 1. The fourth-order valence-corrected chi connectivity index (χ4v) is 0.488. The van der Waals surface area contributed by atoms with Crippen LogP contribution in [0.4, 0.5) is 4.79 Å². The van der Waals surface area contributed by atoms with Gasteiger partial charge in [0.05, 0.1) is 12.9 Å². The molecule has 0 saturated carbocycles. The van der Waals surface area contributed by atoms with Crippen molar-refractivity contribution in [2.75, 3.05) is 6.61 Å². The highest BCUT2D eigenvalue weighted by Gasteiger charge is 2.10. The number of alkyl carbamates (subject to hydrolysis) is 1. The molecular weight excluding hydrogens is 174 g/mol. The Labute approximate surface area is 76.0 Å². The summed E-state index contributed by atoms with van der Waals surface area (Å²) in [6, 6.07) is 0. The third-order valence-electron chi connectivity index (χ3n) is 0.965. The molecule has 0 unspecified atom stereocenters. The van der Waals surface area contributed by atoms with Crippen LogP contribution in [0.1, 0.15) is 6.92 Å². The average Bonchev–Trinajstić information content (AvgIpc) is 2.05. The molecule has 0 fully saturated rings. The maximum Gasteiger partial charge on any atom is 0.411 e. The Morgan fingerprint density at radius 3 is 2.62 bits per heavy atom. The van der Waals surface area contributed by atoms with Crippen LogP contribution >= 0.6 is 0 Å². The van der Waals surface area contributed by atoms with Crippen molar-refractivity contribution in [3.63, 3.8) is 0 Å². The fraction of sp³-hybridized carbons (Fsp3) is 0.250. The predicted molar refractivity (Wildman–Crippen MR) is 45.6 cm³/mol. The first-order chi connectivity index (χ1) is 6.11. The van der Waals surface area contributed by atoms with Crippen LogP contribution in [0, 0.1) is 0 Å². The van der Waals surface area contributed by atoms with Crippen molar-refractivity contribution in [2.24, 2.45) is 0 Å². The highest BCUT2D eigenvalue weighted by Crippen LogP contribution is 1.91. The molecular formula is C8H11NO4. The van der Waals surface area contributed by atoms with Gasteiger partial charge in [-0.25, -0.2) is 9.59 Å². The van der Waals surface area contributed by atoms with Gasteiger partial charge in [0.15, 0.2) is 0 Å². The minimum absolute atomic E-state index is 0.196. The first-order valence-electron chi connectivity index (χ1n) is 3.56. The molecule has 0 aliphatic rings. The van der Waals surface area contributed by atoms with Gasteiger partial charge in [-0.2, -0.15) is 0 Å². The lowest BCUT2D eigenvalue weighted by molar-refractivity contribution is -0.133. The summed E-state index contributed by atoms with van der Waals surface area (Å²) in [5, 5.41) is 2.09. The van der Waals surface area contributed by atoms with Crippen molar-refractivity contribution in [3.8, 4) is 0 Å². The molecule has 72 valence electrons. The number of ether oxygens (including phenoxy) is 2. The van der Waals surface area contributed by atoms with E-state index in [2.05, 4.69) is 27.9 Å². The lowest BCUT2D eigenvalue weighted by atomic mass is 10.5. The van der Waals surface area contributed by atoms with Crippen molar-refractivity contribution in [3.05, 3.63) is 25.1 Å². The Hall–Kier alpha value is -1.78. The van der Waals surface area contributed by atoms with Crippen LogP contribution in [0.3, 0.4) is 0 Å². The van der Waals surface area contributed by atoms with Crippen LogP contribution in [0.25, 0.3) is 0 Å². The van der Waals surface area contributed by atoms with E-state index >= 15 is 0 Å². The molecule has 0 aromatic heterocycles. The standard InChI is InChI=1S/C8H11NO4/c1-4-12-7(10)6(3)9-8(11)13-5-2/h4H,1,3,5H2,2H3,(H,9,11). The summed E-state index contributed by atoms with van der Waals surface area (Å²) in [7, 11) is 0. The van der Waals surface area contributed by atoms with E-state index < -0.39 is 12.1 Å². The van der Waals surface area contributed by atoms with Gasteiger partial charge in [-0.1, -0.05) is 13.2 Å². The van der Waals surface area contributed by atoms with Crippen LogP contribution in [0.5, 0.6) is 0 Å². The van der Waals surface area contributed by atoms with E-state index in [0.29, 0.717) is 0 Å². The number of hydrogen-bond acceptors (Lipinski definition) is 4. The van der Waals surface area contributed by atoms with Gasteiger partial charge < -0.3 is 9.47 Å². The van der Waals surface area contributed by atoms with E-state index in [9.17, 15) is 9.59 Å². The Kier molecular flexibility index (Phi) is 5.02. The van der Waals surface area contributed by atoms with E-state index in [4.69, 9.17) is 0 Å². The van der Waals surface area contributed by atoms with Gasteiger partial charge in [0.25, 0.3) is 0 Å². The van der Waals surface area contributed by atoms with Gasteiger partial charge in [0.1, 0.15) is 5.70 Å². The second-order valence-corrected chi connectivity index (χ2v) is 1.90. The smallest absolute Gasteiger partial charge is 0.411 e. The zero-order valence-corrected chi connectivity index (χ0v) is 7.33. The Morgan fingerprint density at radius 2 is 2.15 bits per heavy atom. The van der Waals surface area contributed by atoms with E-state index in [0.717, 1.165) is 6.26 Å². The number of esters is 1. The van der Waals surface area contributed by atoms with Gasteiger partial charge in [-0.05, 0) is 6.92 Å². The summed E-state index contributed by atoms with van der Waals surface area (Å²) < 4.78 is 8.83. The van der Waals surface area contributed by atoms with Crippen LogP contribution in [-0.4, -0.2) is 18.7 Å². The summed E-state index contributed by atoms with van der Waals surface area (Å²) in [5.41, 5.74) is -0.196. The molecule has 0 saturated heterocycles. The highest BCUT2D eigenvalue weighted by molar-refractivity contribution is 5.91. The number of carbonyl (C=O) groups excluding carboxylic acids is 2. The number of rotatable bonds is 4. The third-order valence-corrected chi connectivity index (χ3v) is 0.965. The molecule has 0 aromatic carbocycles. The maximum atomic E-state index is 10.8. The van der Waals surface area contributed by atoms with Crippen molar-refractivity contribution < 1.29 is 19.1 Å². The second kappa shape index (κ2) is 5.82. The van der Waals surface area contributed by atoms with Crippen molar-refractivity contribution in [1.82, 2.24) is 5.32 Å². The maximum absolute atomic E-state index is 10.8. The summed E-state index contributed by atoms with van der Waals surface area (Å²) in [5.74, 6) is -0.775. The number of hydrogen-bond donors (Lipinski definition) is 1. The summed E-state index contributed by atoms with van der Waals surface area (Å²) in [6.07, 6.45) is 0.203. The molecule has 0 aliphatic heterocycles. The summed E-state index contributed by atoms with van der Waals surface area (Å²) in [4.78, 5) is 21.6. The monoisotopic (exact) mass is 185 g/mol. The summed E-state index contributed by atoms with van der Waals surface area (Å²) in [6.45, 7) is 8.29. The quantitative estimate of drug-likeness (QED) is 0.402. The van der Waals surface area contributed by atoms with Gasteiger partial charge >= 0.3 is 12.1 Å². The highest BCUT2D eigenvalue weighted by atomic mass is 16.6. The lowest BCUT2D eigenvalue weighted by Crippen LogP contribution is -2.27. The molecule has 0 rings (SSSR count). The molecule has 13 heavy (non-hydrogen) atoms. The topological polar surface area (TPSA) is 64.6 Å². The predicted octanol–water partition coefficient (Wildman–Crippen LogP) is 0.933. The van der Waals surface area contributed by atoms with Gasteiger partial charge in [0.2, 0.25) is 0 Å². The Morgan fingerprint density at radius 1 is 1.54 bits per heavy atom. The lowest BCUT2D eigenvalue weighted by Gasteiger charge is -2.05. The first kappa shape index (κ1) is 11.2. The van der Waals surface area contributed by atoms with E-state index in [1.54, 1.807) is 6.92 Å². The molecule has 5 heteroatoms. The van der Waals surface area contributed by atoms with E-state index in [-0.39, 0.29) is 12.3 Å². The van der Waals surface area contributed by atoms with E-state index in [1.165, 1.54) is 0 Å². The Balaban J connectivity index is 3.92. The van der Waals surface area contributed by atoms with Crippen LogP contribution in [0.15, 0.2) is 25.1 Å². The average molecular weight is 185 g/mol. The van der Waals surface area contributed by atoms with Gasteiger partial charge in [-0.3, -0.25) is 5.32 Å². The molecule has 0 heterocycles. The zero-order chi connectivity index (χ0) is 10.3. The fourth-order valence-electron chi connectivity index (χ4n) is 0.488. The molecule has 0 spiro atoms. The number of carbonyl (C=O) groups is 2. The molecule has 0 aliphatic carbocycles. The van der Waals surface area contributed by atoms with Crippen LogP contribution < -0.4 is 5.32 Å². The van der Waals surface area contributed by atoms with Crippen LogP contribution in [0.2, 0.25) is 0 Å². The molecule has 5 nitrogen and oxygen atoms in total. The second-order valence-electron chi connectivity index (χ2n) is 1.90. The van der Waals surface area contributed by atoms with Crippen molar-refractivity contribution in [1.29, 1.82) is 0 Å². The SMILES string of the molecule is C=COC(=O)C(=C)NC(=O)OCC. The largest absolute Gasteiger partial charge is 0.450 e. The van der Waals surface area contributed by atoms with E-state index in [1.807, 2.05) is 0 Å². The van der Waals surface area contributed by atoms with Crippen molar-refractivity contribution >= 4 is 12.1 Å². The van der Waals surface area contributed by atoms with Crippen molar-refractivity contribution in [2.45, 2.75) is 6.92 Å².